The first kappa shape index (κ1) is 13.9. The Morgan fingerprint density at radius 3 is 2.88 bits per heavy atom. The molecule has 0 saturated carbocycles. The Morgan fingerprint density at radius 1 is 1.29 bits per heavy atom. The Bertz CT molecular complexity index is 347. The van der Waals surface area contributed by atoms with Gasteiger partial charge in [0.15, 0.2) is 0 Å². The largest absolute Gasteiger partial charge is 0.380 e. The topological polar surface area (TPSA) is 21.3 Å². The molecule has 0 aliphatic heterocycles. The molecule has 94 valence electrons. The van der Waals surface area contributed by atoms with E-state index in [4.69, 9.17) is 4.74 Å². The van der Waals surface area contributed by atoms with Crippen LogP contribution in [0.5, 0.6) is 0 Å². The molecule has 1 aromatic carbocycles. The number of ether oxygens (including phenoxy) is 1. The Hall–Kier alpha value is -1.12. The molecule has 1 rings (SSSR count). The van der Waals surface area contributed by atoms with Gasteiger partial charge in [-0.05, 0) is 37.0 Å². The zero-order chi connectivity index (χ0) is 12.5. The molecule has 2 nitrogen and oxygen atoms in total. The maximum atomic E-state index is 5.43. The molecule has 0 aromatic heterocycles. The second-order valence-electron chi connectivity index (χ2n) is 4.23. The Balaban J connectivity index is 2.18. The molecule has 0 radical (unpaired) electrons. The Kier molecular flexibility index (Phi) is 6.60. The molecule has 17 heavy (non-hydrogen) atoms. The summed E-state index contributed by atoms with van der Waals surface area (Å²) in [5.41, 5.74) is 4.11. The van der Waals surface area contributed by atoms with E-state index in [2.05, 4.69) is 43.9 Å². The van der Waals surface area contributed by atoms with Crippen molar-refractivity contribution in [2.75, 3.05) is 19.8 Å². The van der Waals surface area contributed by atoms with Gasteiger partial charge in [-0.3, -0.25) is 0 Å². The van der Waals surface area contributed by atoms with Gasteiger partial charge in [0, 0.05) is 13.1 Å². The molecular formula is C15H23NO. The smallest absolute Gasteiger partial charge is 0.0591 e. The lowest BCUT2D eigenvalue weighted by Crippen LogP contribution is -2.20. The third-order valence-electron chi connectivity index (χ3n) is 2.92. The normalized spacial score (nSPS) is 10.5. The average molecular weight is 233 g/mol. The highest BCUT2D eigenvalue weighted by atomic mass is 16.5. The fourth-order valence-electron chi connectivity index (χ4n) is 1.64. The Morgan fingerprint density at radius 2 is 2.12 bits per heavy atom. The highest BCUT2D eigenvalue weighted by molar-refractivity contribution is 5.32. The van der Waals surface area contributed by atoms with Crippen molar-refractivity contribution in [3.8, 4) is 0 Å². The lowest BCUT2D eigenvalue weighted by atomic mass is 10.0. The number of aryl methyl sites for hydroxylation is 1. The number of hydrogen-bond acceptors (Lipinski definition) is 2. The highest BCUT2D eigenvalue weighted by Gasteiger charge is 1.99. The predicted octanol–water partition coefficient (Wildman–Crippen LogP) is 2.99. The van der Waals surface area contributed by atoms with Crippen LogP contribution in [0.25, 0.3) is 0 Å². The van der Waals surface area contributed by atoms with Gasteiger partial charge >= 0.3 is 0 Å². The fraction of sp³-hybridized carbons (Fsp3) is 0.467. The minimum Gasteiger partial charge on any atom is -0.380 e. The standard InChI is InChI=1S/C15H23NO/c1-4-5-10-17-11-9-16-12-15-8-6-7-13(2)14(15)3/h4,6-8,16H,1,5,9-12H2,2-3H3. The molecule has 1 aromatic rings. The summed E-state index contributed by atoms with van der Waals surface area (Å²) < 4.78 is 5.43. The lowest BCUT2D eigenvalue weighted by molar-refractivity contribution is 0.140. The summed E-state index contributed by atoms with van der Waals surface area (Å²) in [6.45, 7) is 11.3. The van der Waals surface area contributed by atoms with E-state index in [1.54, 1.807) is 0 Å². The van der Waals surface area contributed by atoms with E-state index in [0.29, 0.717) is 0 Å². The molecule has 0 aliphatic carbocycles. The van der Waals surface area contributed by atoms with Gasteiger partial charge in [0.2, 0.25) is 0 Å². The van der Waals surface area contributed by atoms with Crippen LogP contribution in [0.4, 0.5) is 0 Å². The van der Waals surface area contributed by atoms with E-state index in [1.165, 1.54) is 16.7 Å². The highest BCUT2D eigenvalue weighted by Crippen LogP contribution is 2.11. The number of rotatable bonds is 8. The summed E-state index contributed by atoms with van der Waals surface area (Å²) in [6, 6.07) is 6.44. The summed E-state index contributed by atoms with van der Waals surface area (Å²) in [4.78, 5) is 0. The van der Waals surface area contributed by atoms with Gasteiger partial charge in [0.25, 0.3) is 0 Å². The van der Waals surface area contributed by atoms with E-state index in [0.717, 1.165) is 32.7 Å². The average Bonchev–Trinajstić information content (AvgIpc) is 2.33. The number of hydrogen-bond donors (Lipinski definition) is 1. The van der Waals surface area contributed by atoms with Crippen LogP contribution in [-0.4, -0.2) is 19.8 Å². The van der Waals surface area contributed by atoms with Crippen molar-refractivity contribution < 1.29 is 4.74 Å². The third-order valence-corrected chi connectivity index (χ3v) is 2.92. The van der Waals surface area contributed by atoms with Gasteiger partial charge in [0.05, 0.1) is 13.2 Å². The van der Waals surface area contributed by atoms with E-state index >= 15 is 0 Å². The van der Waals surface area contributed by atoms with Gasteiger partial charge in [-0.15, -0.1) is 6.58 Å². The van der Waals surface area contributed by atoms with Crippen LogP contribution in [0.3, 0.4) is 0 Å². The number of benzene rings is 1. The molecule has 0 amide bonds. The van der Waals surface area contributed by atoms with E-state index in [9.17, 15) is 0 Å². The number of nitrogens with one attached hydrogen (secondary N) is 1. The summed E-state index contributed by atoms with van der Waals surface area (Å²) in [5.74, 6) is 0. The molecule has 0 saturated heterocycles. The van der Waals surface area contributed by atoms with Crippen molar-refractivity contribution in [2.24, 2.45) is 0 Å². The van der Waals surface area contributed by atoms with Crippen LogP contribution in [0.1, 0.15) is 23.1 Å². The molecule has 0 unspecified atom stereocenters. The molecule has 0 atom stereocenters. The summed E-state index contributed by atoms with van der Waals surface area (Å²) in [7, 11) is 0. The maximum Gasteiger partial charge on any atom is 0.0591 e. The minimum atomic E-state index is 0.763. The van der Waals surface area contributed by atoms with Gasteiger partial charge < -0.3 is 10.1 Å². The maximum absolute atomic E-state index is 5.43. The quantitative estimate of drug-likeness (QED) is 0.550. The summed E-state index contributed by atoms with van der Waals surface area (Å²) in [6.07, 6.45) is 2.81. The molecule has 0 spiro atoms. The Labute approximate surface area is 105 Å². The SMILES string of the molecule is C=CCCOCCNCc1cccc(C)c1C. The van der Waals surface area contributed by atoms with Crippen LogP contribution >= 0.6 is 0 Å². The molecule has 1 N–H and O–H groups in total. The van der Waals surface area contributed by atoms with Gasteiger partial charge in [0.1, 0.15) is 0 Å². The van der Waals surface area contributed by atoms with E-state index in [-0.39, 0.29) is 0 Å². The van der Waals surface area contributed by atoms with Gasteiger partial charge in [-0.1, -0.05) is 24.3 Å². The molecule has 2 heteroatoms. The zero-order valence-corrected chi connectivity index (χ0v) is 11.0. The lowest BCUT2D eigenvalue weighted by Gasteiger charge is -2.10. The van der Waals surface area contributed by atoms with E-state index < -0.39 is 0 Å². The summed E-state index contributed by atoms with van der Waals surface area (Å²) in [5, 5.41) is 3.40. The van der Waals surface area contributed by atoms with E-state index in [1.807, 2.05) is 6.08 Å². The molecular weight excluding hydrogens is 210 g/mol. The van der Waals surface area contributed by atoms with Crippen molar-refractivity contribution >= 4 is 0 Å². The summed E-state index contributed by atoms with van der Waals surface area (Å²) >= 11 is 0. The van der Waals surface area contributed by atoms with Gasteiger partial charge in [-0.2, -0.15) is 0 Å². The van der Waals surface area contributed by atoms with Crippen molar-refractivity contribution in [2.45, 2.75) is 26.8 Å². The van der Waals surface area contributed by atoms with Crippen molar-refractivity contribution in [3.05, 3.63) is 47.5 Å². The zero-order valence-electron chi connectivity index (χ0n) is 11.0. The predicted molar refractivity (Wildman–Crippen MR) is 73.3 cm³/mol. The van der Waals surface area contributed by atoms with Crippen LogP contribution in [0, 0.1) is 13.8 Å². The van der Waals surface area contributed by atoms with Crippen LogP contribution < -0.4 is 5.32 Å². The second kappa shape index (κ2) is 8.04. The van der Waals surface area contributed by atoms with Crippen molar-refractivity contribution in [1.29, 1.82) is 0 Å². The van der Waals surface area contributed by atoms with Crippen molar-refractivity contribution in [3.63, 3.8) is 0 Å². The first-order valence-electron chi connectivity index (χ1n) is 6.20. The van der Waals surface area contributed by atoms with Crippen LogP contribution in [-0.2, 0) is 11.3 Å². The molecule has 0 aliphatic rings. The third kappa shape index (κ3) is 5.16. The minimum absolute atomic E-state index is 0.763. The molecule has 0 bridgehead atoms. The van der Waals surface area contributed by atoms with Crippen molar-refractivity contribution in [1.82, 2.24) is 5.32 Å². The fourth-order valence-corrected chi connectivity index (χ4v) is 1.64. The monoisotopic (exact) mass is 233 g/mol. The first-order valence-corrected chi connectivity index (χ1v) is 6.20. The van der Waals surface area contributed by atoms with Gasteiger partial charge in [-0.25, -0.2) is 0 Å². The molecule has 0 fully saturated rings. The molecule has 0 heterocycles. The second-order valence-corrected chi connectivity index (χ2v) is 4.23. The van der Waals surface area contributed by atoms with Crippen LogP contribution in [0.15, 0.2) is 30.9 Å². The first-order chi connectivity index (χ1) is 8.25. The van der Waals surface area contributed by atoms with Crippen LogP contribution in [0.2, 0.25) is 0 Å².